The maximum absolute atomic E-state index is 14.4. The lowest BCUT2D eigenvalue weighted by atomic mass is 9.98. The van der Waals surface area contributed by atoms with Crippen LogP contribution in [0.5, 0.6) is 11.5 Å². The fourth-order valence-corrected chi connectivity index (χ4v) is 6.43. The predicted molar refractivity (Wildman–Crippen MR) is 189 cm³/mol. The van der Waals surface area contributed by atoms with Crippen molar-refractivity contribution in [1.82, 2.24) is 34.1 Å². The Bertz CT molecular complexity index is 2150. The second-order valence-corrected chi connectivity index (χ2v) is 13.4. The normalized spacial score (nSPS) is 19.8. The minimum absolute atomic E-state index is 0.0410. The number of halogens is 2. The standard InChI is InChI=1S/C35H40F2N8O10/c1-19(2)22-15-23(25(48)16-24(22)47)30-40-41-33(52)45(30)21-5-3-20(4-6-21)17-42-10-12-43(13-11-42)28(49)8-14-54-34(53)39-27-7-9-44(32(51)38-27)31-35(36,37)29(50)26(18-46)55-31/h3-7,9,15-16,19,26,29,31,46-48,50H,8,10-14,17-18H2,1-2H3,(H,41,52)(H,38,39,51,53). The first-order valence-electron chi connectivity index (χ1n) is 17.4. The molecule has 2 saturated heterocycles. The number of ether oxygens (including phenoxy) is 2. The highest BCUT2D eigenvalue weighted by molar-refractivity contribution is 5.83. The number of alkyl halides is 2. The Morgan fingerprint density at radius 2 is 1.78 bits per heavy atom. The van der Waals surface area contributed by atoms with Gasteiger partial charge in [-0.05, 0) is 41.3 Å². The van der Waals surface area contributed by atoms with Crippen LogP contribution in [0, 0.1) is 0 Å². The van der Waals surface area contributed by atoms with Gasteiger partial charge in [-0.2, -0.15) is 18.9 Å². The highest BCUT2D eigenvalue weighted by Crippen LogP contribution is 2.42. The summed E-state index contributed by atoms with van der Waals surface area (Å²) in [5.41, 5.74) is 0.652. The molecule has 0 spiro atoms. The van der Waals surface area contributed by atoms with Crippen LogP contribution < -0.4 is 16.7 Å². The van der Waals surface area contributed by atoms with Crippen LogP contribution in [0.1, 0.15) is 43.5 Å². The molecule has 2 amide bonds. The number of carbonyl (C=O) groups is 2. The van der Waals surface area contributed by atoms with Crippen LogP contribution in [0.25, 0.3) is 17.1 Å². The van der Waals surface area contributed by atoms with E-state index in [2.05, 4.69) is 25.4 Å². The van der Waals surface area contributed by atoms with Crippen LogP contribution in [-0.4, -0.2) is 124 Å². The molecule has 0 aliphatic carbocycles. The third-order valence-corrected chi connectivity index (χ3v) is 9.43. The van der Waals surface area contributed by atoms with E-state index in [1.807, 2.05) is 26.0 Å². The van der Waals surface area contributed by atoms with Crippen molar-refractivity contribution >= 4 is 17.8 Å². The maximum atomic E-state index is 14.4. The zero-order chi connectivity index (χ0) is 39.6. The predicted octanol–water partition coefficient (Wildman–Crippen LogP) is 1.49. The summed E-state index contributed by atoms with van der Waals surface area (Å²) in [6.45, 7) is 5.23. The molecule has 4 aromatic rings. The van der Waals surface area contributed by atoms with E-state index in [-0.39, 0.29) is 48.0 Å². The van der Waals surface area contributed by atoms with Gasteiger partial charge in [0.1, 0.15) is 30.0 Å². The average molecular weight is 771 g/mol. The van der Waals surface area contributed by atoms with Crippen molar-refractivity contribution in [2.75, 3.05) is 44.7 Å². The van der Waals surface area contributed by atoms with Gasteiger partial charge in [0.15, 0.2) is 11.9 Å². The van der Waals surface area contributed by atoms with Gasteiger partial charge < -0.3 is 34.8 Å². The number of aliphatic hydroxyl groups excluding tert-OH is 2. The minimum atomic E-state index is -3.89. The Morgan fingerprint density at radius 1 is 1.07 bits per heavy atom. The van der Waals surface area contributed by atoms with Crippen LogP contribution in [0.4, 0.5) is 19.4 Å². The van der Waals surface area contributed by atoms with Gasteiger partial charge in [-0.1, -0.05) is 26.0 Å². The van der Waals surface area contributed by atoms with E-state index < -0.39 is 48.4 Å². The summed E-state index contributed by atoms with van der Waals surface area (Å²) in [4.78, 5) is 57.5. The van der Waals surface area contributed by atoms with Crippen molar-refractivity contribution < 1.29 is 48.3 Å². The number of aromatic hydroxyl groups is 2. The number of aliphatic hydroxyl groups is 2. The Balaban J connectivity index is 0.959. The number of hydrogen-bond acceptors (Lipinski definition) is 13. The van der Waals surface area contributed by atoms with Crippen molar-refractivity contribution in [3.8, 4) is 28.6 Å². The number of nitrogens with zero attached hydrogens (tertiary/aromatic N) is 6. The molecule has 3 atom stereocenters. The Kier molecular flexibility index (Phi) is 11.3. The first kappa shape index (κ1) is 39.0. The van der Waals surface area contributed by atoms with E-state index in [0.29, 0.717) is 54.1 Å². The lowest BCUT2D eigenvalue weighted by molar-refractivity contribution is -0.140. The fourth-order valence-electron chi connectivity index (χ4n) is 6.43. The van der Waals surface area contributed by atoms with Gasteiger partial charge in [-0.25, -0.2) is 24.0 Å². The summed E-state index contributed by atoms with van der Waals surface area (Å²) in [5.74, 6) is -4.56. The molecule has 2 aromatic carbocycles. The van der Waals surface area contributed by atoms with E-state index in [4.69, 9.17) is 14.6 Å². The highest BCUT2D eigenvalue weighted by Gasteiger charge is 2.59. The number of aromatic amines is 1. The first-order valence-corrected chi connectivity index (χ1v) is 17.4. The topological polar surface area (TPSA) is 238 Å². The summed E-state index contributed by atoms with van der Waals surface area (Å²) >= 11 is 0. The first-order chi connectivity index (χ1) is 26.2. The van der Waals surface area contributed by atoms with Gasteiger partial charge in [0.25, 0.3) is 0 Å². The molecule has 2 aliphatic heterocycles. The Morgan fingerprint density at radius 3 is 2.42 bits per heavy atom. The van der Waals surface area contributed by atoms with Gasteiger partial charge in [0, 0.05) is 45.0 Å². The Hall–Kier alpha value is -5.70. The third-order valence-electron chi connectivity index (χ3n) is 9.43. The number of aromatic nitrogens is 5. The zero-order valence-corrected chi connectivity index (χ0v) is 29.8. The van der Waals surface area contributed by atoms with Crippen molar-refractivity contribution in [2.45, 2.75) is 57.1 Å². The third kappa shape index (κ3) is 8.21. The van der Waals surface area contributed by atoms with Crippen LogP contribution in [0.3, 0.4) is 0 Å². The molecule has 2 aromatic heterocycles. The van der Waals surface area contributed by atoms with E-state index in [1.165, 1.54) is 10.6 Å². The van der Waals surface area contributed by atoms with Gasteiger partial charge in [-0.15, -0.1) is 0 Å². The van der Waals surface area contributed by atoms with Crippen LogP contribution in [-0.2, 0) is 20.8 Å². The van der Waals surface area contributed by atoms with Crippen molar-refractivity contribution in [2.24, 2.45) is 0 Å². The van der Waals surface area contributed by atoms with Gasteiger partial charge >= 0.3 is 23.4 Å². The second-order valence-electron chi connectivity index (χ2n) is 13.4. The lowest BCUT2D eigenvalue weighted by Gasteiger charge is -2.34. The number of phenolic OH excluding ortho intramolecular Hbond substituents is 2. The number of benzene rings is 2. The summed E-state index contributed by atoms with van der Waals surface area (Å²) < 4.78 is 40.5. The van der Waals surface area contributed by atoms with Gasteiger partial charge in [-0.3, -0.25) is 19.6 Å². The smallest absolute Gasteiger partial charge is 0.412 e. The van der Waals surface area contributed by atoms with Crippen molar-refractivity contribution in [3.63, 3.8) is 0 Å². The molecule has 0 saturated carbocycles. The molecule has 18 nitrogen and oxygen atoms in total. The number of hydrogen-bond donors (Lipinski definition) is 6. The fraction of sp³-hybridized carbons (Fsp3) is 0.429. The van der Waals surface area contributed by atoms with Gasteiger partial charge in [0.05, 0.1) is 24.3 Å². The monoisotopic (exact) mass is 770 g/mol. The molecule has 3 unspecified atom stereocenters. The number of phenols is 2. The number of amides is 2. The molecule has 294 valence electrons. The number of rotatable bonds is 11. The van der Waals surface area contributed by atoms with Gasteiger partial charge in [0.2, 0.25) is 12.1 Å². The summed E-state index contributed by atoms with van der Waals surface area (Å²) in [6, 6.07) is 11.2. The molecule has 4 heterocycles. The molecule has 0 bridgehead atoms. The van der Waals surface area contributed by atoms with Crippen LogP contribution >= 0.6 is 0 Å². The molecule has 0 radical (unpaired) electrons. The largest absolute Gasteiger partial charge is 0.508 e. The zero-order valence-electron chi connectivity index (χ0n) is 29.8. The molecule has 55 heavy (non-hydrogen) atoms. The van der Waals surface area contributed by atoms with E-state index in [9.17, 15) is 43.3 Å². The number of carbonyl (C=O) groups excluding carboxylic acids is 2. The molecular weight excluding hydrogens is 730 g/mol. The van der Waals surface area contributed by atoms with Crippen LogP contribution in [0.2, 0.25) is 0 Å². The summed E-state index contributed by atoms with van der Waals surface area (Å²) in [5, 5.41) is 48.4. The van der Waals surface area contributed by atoms with Crippen molar-refractivity contribution in [3.05, 3.63) is 80.8 Å². The second kappa shape index (κ2) is 16.0. The van der Waals surface area contributed by atoms with Crippen molar-refractivity contribution in [1.29, 1.82) is 0 Å². The number of nitrogens with one attached hydrogen (secondary N) is 2. The minimum Gasteiger partial charge on any atom is -0.508 e. The number of anilines is 1. The summed E-state index contributed by atoms with van der Waals surface area (Å²) in [7, 11) is 0. The Labute approximate surface area is 311 Å². The van der Waals surface area contributed by atoms with E-state index >= 15 is 0 Å². The highest BCUT2D eigenvalue weighted by atomic mass is 19.3. The number of H-pyrrole nitrogens is 1. The molecular formula is C35H40F2N8O10. The van der Waals surface area contributed by atoms with E-state index in [1.54, 1.807) is 23.1 Å². The molecule has 20 heteroatoms. The molecule has 6 N–H and O–H groups in total. The average Bonchev–Trinajstić information content (AvgIpc) is 3.63. The number of piperazine rings is 1. The molecule has 2 fully saturated rings. The quantitative estimate of drug-likeness (QED) is 0.127. The van der Waals surface area contributed by atoms with E-state index in [0.717, 1.165) is 17.8 Å². The maximum Gasteiger partial charge on any atom is 0.412 e. The SMILES string of the molecule is CC(C)c1cc(-c2n[nH]c(=O)n2-c2ccc(CN3CCN(C(=O)CCOC(=O)Nc4ccn(C5OC(CO)C(O)C5(F)F)c(=O)n4)CC3)cc2)c(O)cc1O. The summed E-state index contributed by atoms with van der Waals surface area (Å²) in [6.07, 6.45) is -6.41. The molecule has 2 aliphatic rings. The lowest BCUT2D eigenvalue weighted by Crippen LogP contribution is -2.48. The van der Waals surface area contributed by atoms with Crippen LogP contribution in [0.15, 0.2) is 58.3 Å². The molecule has 6 rings (SSSR count).